The number of hydrogen-bond acceptors (Lipinski definition) is 6. The van der Waals surface area contributed by atoms with Gasteiger partial charge in [0.25, 0.3) is 5.91 Å². The summed E-state index contributed by atoms with van der Waals surface area (Å²) in [7, 11) is 0. The van der Waals surface area contributed by atoms with Gasteiger partial charge in [0.15, 0.2) is 17.2 Å². The predicted octanol–water partition coefficient (Wildman–Crippen LogP) is 1.67. The Morgan fingerprint density at radius 1 is 1.29 bits per heavy atom. The molecule has 1 atom stereocenters. The van der Waals surface area contributed by atoms with E-state index in [-0.39, 0.29) is 24.2 Å². The Kier molecular flexibility index (Phi) is 4.66. The normalized spacial score (nSPS) is 16.5. The predicted molar refractivity (Wildman–Crippen MR) is 97.9 cm³/mol. The lowest BCUT2D eigenvalue weighted by atomic mass is 10.1. The first-order valence-electron chi connectivity index (χ1n) is 9.32. The van der Waals surface area contributed by atoms with Crippen LogP contribution in [0.15, 0.2) is 18.2 Å². The summed E-state index contributed by atoms with van der Waals surface area (Å²) >= 11 is 0. The molecule has 2 aliphatic rings. The van der Waals surface area contributed by atoms with Gasteiger partial charge in [0.2, 0.25) is 0 Å². The van der Waals surface area contributed by atoms with Crippen LogP contribution >= 0.6 is 0 Å². The molecule has 1 saturated carbocycles. The summed E-state index contributed by atoms with van der Waals surface area (Å²) in [5, 5.41) is 17.4. The van der Waals surface area contributed by atoms with Gasteiger partial charge in [0, 0.05) is 18.7 Å². The van der Waals surface area contributed by atoms with Crippen molar-refractivity contribution in [1.29, 1.82) is 0 Å². The Balaban J connectivity index is 1.60. The summed E-state index contributed by atoms with van der Waals surface area (Å²) in [5.74, 6) is -0.544. The van der Waals surface area contributed by atoms with E-state index in [1.165, 1.54) is 0 Å². The lowest BCUT2D eigenvalue weighted by molar-refractivity contribution is -0.141. The maximum atomic E-state index is 13.1. The third kappa shape index (κ3) is 3.39. The van der Waals surface area contributed by atoms with Crippen molar-refractivity contribution >= 4 is 11.9 Å². The number of carboxylic acid groups (broad SMARTS) is 1. The molecule has 1 unspecified atom stereocenters. The zero-order valence-corrected chi connectivity index (χ0v) is 15.8. The Hall–Kier alpha value is -3.10. The summed E-state index contributed by atoms with van der Waals surface area (Å²) < 4.78 is 12.7. The van der Waals surface area contributed by atoms with Crippen LogP contribution in [-0.2, 0) is 4.79 Å². The van der Waals surface area contributed by atoms with E-state index in [9.17, 15) is 14.7 Å². The van der Waals surface area contributed by atoms with Crippen LogP contribution in [0, 0.1) is 12.8 Å². The molecule has 1 aromatic heterocycles. The quantitative estimate of drug-likeness (QED) is 0.805. The number of rotatable bonds is 6. The van der Waals surface area contributed by atoms with Crippen LogP contribution in [0.3, 0.4) is 0 Å². The zero-order chi connectivity index (χ0) is 19.8. The first-order valence-corrected chi connectivity index (χ1v) is 9.32. The highest BCUT2D eigenvalue weighted by atomic mass is 16.6. The average molecular weight is 386 g/mol. The molecule has 0 bridgehead atoms. The van der Waals surface area contributed by atoms with Gasteiger partial charge in [-0.15, -0.1) is 5.10 Å². The summed E-state index contributed by atoms with van der Waals surface area (Å²) in [6.45, 7) is 4.53. The van der Waals surface area contributed by atoms with Crippen LogP contribution in [0.2, 0.25) is 0 Å². The van der Waals surface area contributed by atoms with Gasteiger partial charge in [-0.05, 0) is 31.9 Å². The fourth-order valence-corrected chi connectivity index (χ4v) is 3.23. The minimum Gasteiger partial charge on any atom is -0.486 e. The third-order valence-electron chi connectivity index (χ3n) is 5.01. The van der Waals surface area contributed by atoms with Crippen molar-refractivity contribution < 1.29 is 24.2 Å². The highest BCUT2D eigenvalue weighted by Gasteiger charge is 2.36. The van der Waals surface area contributed by atoms with Gasteiger partial charge in [-0.1, -0.05) is 12.1 Å². The summed E-state index contributed by atoms with van der Waals surface area (Å²) in [5.41, 5.74) is 1.54. The molecule has 148 valence electrons. The van der Waals surface area contributed by atoms with E-state index in [1.807, 2.05) is 6.07 Å². The average Bonchev–Trinajstić information content (AvgIpc) is 3.46. The van der Waals surface area contributed by atoms with E-state index in [0.29, 0.717) is 36.1 Å². The molecular weight excluding hydrogens is 364 g/mol. The SMILES string of the molecule is Cc1c(C(=O)N(CC(C)C(=O)O)C2CC2)nnn1-c1ccc2c(c1)OCCO2. The van der Waals surface area contributed by atoms with Crippen molar-refractivity contribution in [3.8, 4) is 17.2 Å². The second-order valence-corrected chi connectivity index (χ2v) is 7.19. The van der Waals surface area contributed by atoms with Crippen LogP contribution < -0.4 is 9.47 Å². The molecule has 1 N–H and O–H groups in total. The van der Waals surface area contributed by atoms with Crippen LogP contribution in [0.5, 0.6) is 11.5 Å². The Labute approximate surface area is 161 Å². The van der Waals surface area contributed by atoms with E-state index < -0.39 is 11.9 Å². The third-order valence-corrected chi connectivity index (χ3v) is 5.01. The molecule has 0 radical (unpaired) electrons. The van der Waals surface area contributed by atoms with Gasteiger partial charge in [0.1, 0.15) is 13.2 Å². The minimum absolute atomic E-state index is 0.0770. The number of ether oxygens (including phenoxy) is 2. The van der Waals surface area contributed by atoms with Gasteiger partial charge in [0.05, 0.1) is 17.3 Å². The molecule has 2 aromatic rings. The Morgan fingerprint density at radius 2 is 2.00 bits per heavy atom. The molecule has 1 aromatic carbocycles. The fourth-order valence-electron chi connectivity index (χ4n) is 3.23. The molecule has 28 heavy (non-hydrogen) atoms. The number of aromatic nitrogens is 3. The van der Waals surface area contributed by atoms with E-state index in [1.54, 1.807) is 35.6 Å². The lowest BCUT2D eigenvalue weighted by Crippen LogP contribution is -2.39. The molecule has 1 aliphatic carbocycles. The van der Waals surface area contributed by atoms with Crippen molar-refractivity contribution in [2.75, 3.05) is 19.8 Å². The van der Waals surface area contributed by atoms with Gasteiger partial charge in [-0.3, -0.25) is 9.59 Å². The number of aliphatic carboxylic acids is 1. The summed E-state index contributed by atoms with van der Waals surface area (Å²) in [6, 6.07) is 5.51. The molecule has 1 aliphatic heterocycles. The molecule has 0 saturated heterocycles. The Morgan fingerprint density at radius 3 is 2.68 bits per heavy atom. The molecule has 0 spiro atoms. The molecule has 9 heteroatoms. The molecule has 1 amide bonds. The van der Waals surface area contributed by atoms with Crippen LogP contribution in [-0.4, -0.2) is 62.7 Å². The van der Waals surface area contributed by atoms with Crippen molar-refractivity contribution in [3.63, 3.8) is 0 Å². The van der Waals surface area contributed by atoms with Crippen molar-refractivity contribution in [1.82, 2.24) is 19.9 Å². The second kappa shape index (κ2) is 7.14. The minimum atomic E-state index is -0.921. The molecule has 2 heterocycles. The number of carbonyl (C=O) groups excluding carboxylic acids is 1. The maximum absolute atomic E-state index is 13.1. The smallest absolute Gasteiger partial charge is 0.308 e. The van der Waals surface area contributed by atoms with Crippen LogP contribution in [0.1, 0.15) is 35.9 Å². The van der Waals surface area contributed by atoms with Gasteiger partial charge < -0.3 is 19.5 Å². The first kappa shape index (κ1) is 18.3. The highest BCUT2D eigenvalue weighted by molar-refractivity contribution is 5.94. The number of nitrogens with zero attached hydrogens (tertiary/aromatic N) is 4. The second-order valence-electron chi connectivity index (χ2n) is 7.19. The number of hydrogen-bond donors (Lipinski definition) is 1. The van der Waals surface area contributed by atoms with Gasteiger partial charge >= 0.3 is 5.97 Å². The number of carboxylic acids is 1. The van der Waals surface area contributed by atoms with Crippen molar-refractivity contribution in [2.24, 2.45) is 5.92 Å². The van der Waals surface area contributed by atoms with E-state index in [4.69, 9.17) is 9.47 Å². The molecule has 9 nitrogen and oxygen atoms in total. The molecule has 1 fully saturated rings. The number of fused-ring (bicyclic) bond motifs is 1. The van der Waals surface area contributed by atoms with E-state index in [2.05, 4.69) is 10.3 Å². The number of benzene rings is 1. The highest BCUT2D eigenvalue weighted by Crippen LogP contribution is 2.33. The number of amides is 1. The first-order chi connectivity index (χ1) is 13.5. The molecule has 4 rings (SSSR count). The van der Waals surface area contributed by atoms with Crippen molar-refractivity contribution in [2.45, 2.75) is 32.7 Å². The van der Waals surface area contributed by atoms with Crippen LogP contribution in [0.4, 0.5) is 0 Å². The zero-order valence-electron chi connectivity index (χ0n) is 15.8. The summed E-state index contributed by atoms with van der Waals surface area (Å²) in [4.78, 5) is 25.9. The largest absolute Gasteiger partial charge is 0.486 e. The monoisotopic (exact) mass is 386 g/mol. The van der Waals surface area contributed by atoms with Gasteiger partial charge in [-0.2, -0.15) is 0 Å². The van der Waals surface area contributed by atoms with E-state index >= 15 is 0 Å². The maximum Gasteiger partial charge on any atom is 0.308 e. The van der Waals surface area contributed by atoms with Gasteiger partial charge in [-0.25, -0.2) is 4.68 Å². The standard InChI is InChI=1S/C19H22N4O5/c1-11(19(25)26)10-22(13-3-4-13)18(24)17-12(2)23(21-20-17)14-5-6-15-16(9-14)28-8-7-27-15/h5-6,9,11,13H,3-4,7-8,10H2,1-2H3,(H,25,26). The molecular formula is C19H22N4O5. The fraction of sp³-hybridized carbons (Fsp3) is 0.474. The summed E-state index contributed by atoms with van der Waals surface area (Å²) in [6.07, 6.45) is 1.76. The lowest BCUT2D eigenvalue weighted by Gasteiger charge is -2.23. The van der Waals surface area contributed by atoms with E-state index in [0.717, 1.165) is 12.8 Å². The topological polar surface area (TPSA) is 107 Å². The van der Waals surface area contributed by atoms with Crippen LogP contribution in [0.25, 0.3) is 5.69 Å². The Bertz CT molecular complexity index is 921. The van der Waals surface area contributed by atoms with Crippen molar-refractivity contribution in [3.05, 3.63) is 29.6 Å². The number of carbonyl (C=O) groups is 2.